The zero-order valence-corrected chi connectivity index (χ0v) is 16.7. The summed E-state index contributed by atoms with van der Waals surface area (Å²) in [5.41, 5.74) is 1.75. The van der Waals surface area contributed by atoms with Gasteiger partial charge >= 0.3 is 0 Å². The molecule has 0 aliphatic heterocycles. The second kappa shape index (κ2) is 6.51. The lowest BCUT2D eigenvalue weighted by Crippen LogP contribution is -2.36. The maximum absolute atomic E-state index is 4.68. The van der Waals surface area contributed by atoms with Crippen molar-refractivity contribution < 1.29 is 0 Å². The molecule has 0 aromatic carbocycles. The highest BCUT2D eigenvalue weighted by atomic mass is 32.1. The summed E-state index contributed by atoms with van der Waals surface area (Å²) in [6.45, 7) is 4.77. The van der Waals surface area contributed by atoms with Gasteiger partial charge in [-0.1, -0.05) is 13.8 Å². The van der Waals surface area contributed by atoms with E-state index < -0.39 is 0 Å². The maximum atomic E-state index is 4.68. The van der Waals surface area contributed by atoms with E-state index in [4.69, 9.17) is 0 Å². The lowest BCUT2D eigenvalue weighted by Gasteiger charge is -2.34. The monoisotopic (exact) mass is 358 g/mol. The van der Waals surface area contributed by atoms with Crippen LogP contribution in [0, 0.1) is 0 Å². The summed E-state index contributed by atoms with van der Waals surface area (Å²) in [6.07, 6.45) is 10.5. The van der Waals surface area contributed by atoms with Gasteiger partial charge in [0, 0.05) is 17.0 Å². The molecular formula is C20H30N4S. The Morgan fingerprint density at radius 1 is 1.16 bits per heavy atom. The fourth-order valence-corrected chi connectivity index (χ4v) is 6.09. The molecule has 4 nitrogen and oxygen atoms in total. The Kier molecular flexibility index (Phi) is 4.49. The molecule has 0 bridgehead atoms. The molecule has 0 radical (unpaired) electrons. The molecule has 0 unspecified atom stereocenters. The summed E-state index contributed by atoms with van der Waals surface area (Å²) in [6, 6.07) is 1.27. The van der Waals surface area contributed by atoms with Gasteiger partial charge in [0.05, 0.1) is 5.39 Å². The summed E-state index contributed by atoms with van der Waals surface area (Å²) in [7, 11) is 4.40. The average molecular weight is 359 g/mol. The molecule has 136 valence electrons. The number of aromatic nitrogens is 2. The average Bonchev–Trinajstić information content (AvgIpc) is 2.96. The Bertz CT molecular complexity index is 756. The number of nitrogens with one attached hydrogen (secondary N) is 1. The van der Waals surface area contributed by atoms with Gasteiger partial charge in [0.25, 0.3) is 0 Å². The zero-order chi connectivity index (χ0) is 17.6. The van der Waals surface area contributed by atoms with Crippen LogP contribution in [0.2, 0.25) is 0 Å². The number of rotatable bonds is 3. The molecule has 0 saturated heterocycles. The molecule has 2 aliphatic rings. The number of thiophene rings is 1. The molecule has 0 atom stereocenters. The van der Waals surface area contributed by atoms with Crippen LogP contribution in [0.5, 0.6) is 0 Å². The largest absolute Gasteiger partial charge is 0.367 e. The molecule has 0 spiro atoms. The molecule has 0 amide bonds. The van der Waals surface area contributed by atoms with Crippen molar-refractivity contribution in [3.05, 3.63) is 16.8 Å². The first-order valence-corrected chi connectivity index (χ1v) is 10.5. The highest BCUT2D eigenvalue weighted by Crippen LogP contribution is 2.46. The van der Waals surface area contributed by atoms with E-state index in [2.05, 4.69) is 48.1 Å². The summed E-state index contributed by atoms with van der Waals surface area (Å²) in [4.78, 5) is 14.3. The minimum absolute atomic E-state index is 0.232. The number of nitrogens with zero attached hydrogens (tertiary/aromatic N) is 3. The first kappa shape index (κ1) is 17.2. The van der Waals surface area contributed by atoms with Crippen LogP contribution in [0.15, 0.2) is 6.33 Å². The number of hydrogen-bond acceptors (Lipinski definition) is 5. The van der Waals surface area contributed by atoms with Gasteiger partial charge in [-0.15, -0.1) is 11.3 Å². The third-order valence-electron chi connectivity index (χ3n) is 6.21. The van der Waals surface area contributed by atoms with Gasteiger partial charge in [0.15, 0.2) is 0 Å². The van der Waals surface area contributed by atoms with Crippen molar-refractivity contribution >= 4 is 27.4 Å². The van der Waals surface area contributed by atoms with E-state index in [0.29, 0.717) is 6.04 Å². The Labute approximate surface area is 155 Å². The Balaban J connectivity index is 1.64. The van der Waals surface area contributed by atoms with Gasteiger partial charge in [0.1, 0.15) is 17.0 Å². The van der Waals surface area contributed by atoms with E-state index in [9.17, 15) is 0 Å². The number of fused-ring (bicyclic) bond motifs is 3. The van der Waals surface area contributed by atoms with Gasteiger partial charge in [-0.2, -0.15) is 0 Å². The van der Waals surface area contributed by atoms with Crippen LogP contribution in [-0.4, -0.2) is 41.0 Å². The Hall–Kier alpha value is -1.20. The topological polar surface area (TPSA) is 41.0 Å². The summed E-state index contributed by atoms with van der Waals surface area (Å²) < 4.78 is 0. The van der Waals surface area contributed by atoms with Crippen molar-refractivity contribution in [2.75, 3.05) is 19.4 Å². The molecule has 5 heteroatoms. The first-order chi connectivity index (χ1) is 12.0. The Morgan fingerprint density at radius 3 is 2.64 bits per heavy atom. The predicted molar refractivity (Wildman–Crippen MR) is 107 cm³/mol. The smallest absolute Gasteiger partial charge is 0.138 e. The van der Waals surface area contributed by atoms with E-state index in [1.807, 2.05) is 11.3 Å². The van der Waals surface area contributed by atoms with Crippen LogP contribution >= 0.6 is 11.3 Å². The third-order valence-corrected chi connectivity index (χ3v) is 7.37. The molecule has 1 fully saturated rings. The van der Waals surface area contributed by atoms with Crippen molar-refractivity contribution in [2.45, 2.75) is 76.3 Å². The second-order valence-electron chi connectivity index (χ2n) is 8.65. The fourth-order valence-electron chi connectivity index (χ4n) is 4.73. The fraction of sp³-hybridized carbons (Fsp3) is 0.700. The minimum atomic E-state index is 0.232. The number of anilines is 1. The molecule has 2 heterocycles. The van der Waals surface area contributed by atoms with Crippen molar-refractivity contribution in [3.8, 4) is 0 Å². The quantitative estimate of drug-likeness (QED) is 0.871. The van der Waals surface area contributed by atoms with Crippen LogP contribution in [-0.2, 0) is 11.8 Å². The summed E-state index contributed by atoms with van der Waals surface area (Å²) >= 11 is 1.88. The minimum Gasteiger partial charge on any atom is -0.367 e. The van der Waals surface area contributed by atoms with E-state index >= 15 is 0 Å². The van der Waals surface area contributed by atoms with Gasteiger partial charge in [-0.25, -0.2) is 9.97 Å². The molecule has 25 heavy (non-hydrogen) atoms. The molecule has 1 saturated carbocycles. The number of hydrogen-bond donors (Lipinski definition) is 1. The van der Waals surface area contributed by atoms with Gasteiger partial charge < -0.3 is 10.2 Å². The third kappa shape index (κ3) is 3.17. The molecule has 2 aliphatic carbocycles. The molecular weight excluding hydrogens is 328 g/mol. The van der Waals surface area contributed by atoms with Crippen molar-refractivity contribution in [2.24, 2.45) is 0 Å². The Morgan fingerprint density at radius 2 is 1.92 bits per heavy atom. The molecule has 2 aromatic rings. The lowest BCUT2D eigenvalue weighted by atomic mass is 9.75. The van der Waals surface area contributed by atoms with E-state index in [1.54, 1.807) is 6.33 Å². The van der Waals surface area contributed by atoms with Gasteiger partial charge in [0.2, 0.25) is 0 Å². The van der Waals surface area contributed by atoms with Crippen LogP contribution < -0.4 is 5.32 Å². The predicted octanol–water partition coefficient (Wildman–Crippen LogP) is 4.59. The van der Waals surface area contributed by atoms with Crippen molar-refractivity contribution in [1.82, 2.24) is 14.9 Å². The summed E-state index contributed by atoms with van der Waals surface area (Å²) in [5, 5.41) is 5.10. The van der Waals surface area contributed by atoms with Crippen LogP contribution in [0.3, 0.4) is 0 Å². The normalized spacial score (nSPS) is 26.0. The van der Waals surface area contributed by atoms with Crippen LogP contribution in [0.25, 0.3) is 10.2 Å². The van der Waals surface area contributed by atoms with Crippen LogP contribution in [0.4, 0.5) is 5.82 Å². The lowest BCUT2D eigenvalue weighted by molar-refractivity contribution is 0.221. The van der Waals surface area contributed by atoms with Crippen LogP contribution in [0.1, 0.15) is 62.8 Å². The van der Waals surface area contributed by atoms with Crippen molar-refractivity contribution in [1.29, 1.82) is 0 Å². The van der Waals surface area contributed by atoms with Gasteiger partial charge in [-0.05, 0) is 70.0 Å². The van der Waals surface area contributed by atoms with Gasteiger partial charge in [-0.3, -0.25) is 0 Å². The maximum Gasteiger partial charge on any atom is 0.138 e. The first-order valence-electron chi connectivity index (χ1n) is 9.65. The van der Waals surface area contributed by atoms with Crippen molar-refractivity contribution in [3.63, 3.8) is 0 Å². The standard InChI is InChI=1S/C20H30N4S/c1-20(2)11-5-6-15-17(20)16-18(21-12-22-19(16)25-15)23-13-7-9-14(10-8-13)24(3)4/h12-14H,5-11H2,1-4H3,(H,21,22,23). The zero-order valence-electron chi connectivity index (χ0n) is 15.9. The SMILES string of the molecule is CN(C)C1CCC(Nc2ncnc3sc4c(c23)C(C)(C)CCC4)CC1. The number of aryl methyl sites for hydroxylation is 1. The molecule has 4 rings (SSSR count). The highest BCUT2D eigenvalue weighted by molar-refractivity contribution is 7.19. The second-order valence-corrected chi connectivity index (χ2v) is 9.74. The van der Waals surface area contributed by atoms with E-state index in [1.165, 1.54) is 65.6 Å². The summed E-state index contributed by atoms with van der Waals surface area (Å²) in [5.74, 6) is 1.07. The van der Waals surface area contributed by atoms with E-state index in [0.717, 1.165) is 11.9 Å². The molecule has 1 N–H and O–H groups in total. The van der Waals surface area contributed by atoms with E-state index in [-0.39, 0.29) is 5.41 Å². The highest BCUT2D eigenvalue weighted by Gasteiger charge is 2.33. The molecule has 2 aromatic heterocycles.